The minimum absolute atomic E-state index is 0.0136. The van der Waals surface area contributed by atoms with Gasteiger partial charge in [0.1, 0.15) is 11.4 Å². The third-order valence-electron chi connectivity index (χ3n) is 4.66. The lowest BCUT2D eigenvalue weighted by molar-refractivity contribution is 0.0746. The number of carbonyl (C=O) groups excluding carboxylic acids is 2. The summed E-state index contributed by atoms with van der Waals surface area (Å²) in [5.41, 5.74) is 1.86. The predicted octanol–water partition coefficient (Wildman–Crippen LogP) is 2.19. The number of nitrogens with zero attached hydrogens (tertiary/aromatic N) is 3. The summed E-state index contributed by atoms with van der Waals surface area (Å²) in [6, 6.07) is 11.2. The van der Waals surface area contributed by atoms with Gasteiger partial charge in [-0.25, -0.2) is 0 Å². The van der Waals surface area contributed by atoms with E-state index >= 15 is 0 Å². The highest BCUT2D eigenvalue weighted by atomic mass is 16.5. The minimum atomic E-state index is -0.269. The predicted molar refractivity (Wildman–Crippen MR) is 108 cm³/mol. The van der Waals surface area contributed by atoms with Crippen LogP contribution in [0.15, 0.2) is 42.6 Å². The zero-order chi connectivity index (χ0) is 20.1. The molecule has 1 saturated heterocycles. The van der Waals surface area contributed by atoms with Crippen molar-refractivity contribution >= 4 is 17.5 Å². The van der Waals surface area contributed by atoms with Crippen LogP contribution in [0, 0.1) is 0 Å². The van der Waals surface area contributed by atoms with Crippen molar-refractivity contribution in [1.82, 2.24) is 15.2 Å². The molecule has 0 atom stereocenters. The van der Waals surface area contributed by atoms with Gasteiger partial charge in [-0.1, -0.05) is 0 Å². The maximum atomic E-state index is 12.9. The van der Waals surface area contributed by atoms with Gasteiger partial charge in [0, 0.05) is 49.7 Å². The molecule has 3 rings (SSSR count). The Morgan fingerprint density at radius 3 is 2.36 bits per heavy atom. The summed E-state index contributed by atoms with van der Waals surface area (Å²) in [7, 11) is 1.65. The van der Waals surface area contributed by atoms with E-state index in [1.807, 2.05) is 43.0 Å². The normalized spacial score (nSPS) is 14.1. The first-order valence-electron chi connectivity index (χ1n) is 9.43. The molecule has 7 heteroatoms. The van der Waals surface area contributed by atoms with E-state index in [4.69, 9.17) is 4.74 Å². The van der Waals surface area contributed by atoms with Gasteiger partial charge >= 0.3 is 0 Å². The highest BCUT2D eigenvalue weighted by Crippen LogP contribution is 2.21. The monoisotopic (exact) mass is 382 g/mol. The second-order valence-corrected chi connectivity index (χ2v) is 7.04. The Balaban J connectivity index is 1.62. The molecule has 2 aromatic rings. The van der Waals surface area contributed by atoms with E-state index in [0.29, 0.717) is 18.7 Å². The molecule has 2 heterocycles. The van der Waals surface area contributed by atoms with Crippen LogP contribution < -0.4 is 15.0 Å². The van der Waals surface area contributed by atoms with E-state index in [-0.39, 0.29) is 23.6 Å². The Labute approximate surface area is 165 Å². The number of nitrogens with one attached hydrogen (secondary N) is 1. The minimum Gasteiger partial charge on any atom is -0.497 e. The Morgan fingerprint density at radius 2 is 1.75 bits per heavy atom. The summed E-state index contributed by atoms with van der Waals surface area (Å²) < 4.78 is 5.20. The number of carbonyl (C=O) groups is 2. The average Bonchev–Trinajstić information content (AvgIpc) is 2.73. The molecule has 1 aromatic heterocycles. The number of benzene rings is 1. The quantitative estimate of drug-likeness (QED) is 0.858. The number of anilines is 1. The highest BCUT2D eigenvalue weighted by Gasteiger charge is 2.23. The summed E-state index contributed by atoms with van der Waals surface area (Å²) in [6.07, 6.45) is 1.51. The zero-order valence-electron chi connectivity index (χ0n) is 16.5. The topological polar surface area (TPSA) is 74.8 Å². The van der Waals surface area contributed by atoms with E-state index in [0.717, 1.165) is 24.5 Å². The van der Waals surface area contributed by atoms with Crippen LogP contribution in [0.1, 0.15) is 34.7 Å². The summed E-state index contributed by atoms with van der Waals surface area (Å²) in [5, 5.41) is 2.79. The molecular weight excluding hydrogens is 356 g/mol. The Hall–Kier alpha value is -3.09. The first kappa shape index (κ1) is 19.7. The van der Waals surface area contributed by atoms with Crippen LogP contribution in [-0.4, -0.2) is 61.0 Å². The van der Waals surface area contributed by atoms with Crippen molar-refractivity contribution in [2.45, 2.75) is 19.9 Å². The third-order valence-corrected chi connectivity index (χ3v) is 4.66. The van der Waals surface area contributed by atoms with Gasteiger partial charge in [0.05, 0.1) is 7.11 Å². The van der Waals surface area contributed by atoms with Gasteiger partial charge in [-0.05, 0) is 50.2 Å². The van der Waals surface area contributed by atoms with Gasteiger partial charge in [0.2, 0.25) is 0 Å². The standard InChI is InChI=1S/C21H26N4O3/c1-15(2)23-20(26)19-14-16(8-9-22-19)21(27)25-12-10-24(11-13-25)17-4-6-18(28-3)7-5-17/h4-9,14-15H,10-13H2,1-3H3,(H,23,26). The number of methoxy groups -OCH3 is 1. The molecule has 1 aromatic carbocycles. The fourth-order valence-electron chi connectivity index (χ4n) is 3.17. The molecule has 28 heavy (non-hydrogen) atoms. The van der Waals surface area contributed by atoms with Crippen molar-refractivity contribution < 1.29 is 14.3 Å². The van der Waals surface area contributed by atoms with Crippen LogP contribution >= 0.6 is 0 Å². The molecule has 0 aliphatic carbocycles. The Kier molecular flexibility index (Phi) is 6.13. The van der Waals surface area contributed by atoms with Crippen molar-refractivity contribution in [3.05, 3.63) is 53.9 Å². The first-order chi connectivity index (χ1) is 13.5. The van der Waals surface area contributed by atoms with Gasteiger partial charge in [-0.2, -0.15) is 0 Å². The van der Waals surface area contributed by atoms with E-state index < -0.39 is 0 Å². The molecule has 0 bridgehead atoms. The smallest absolute Gasteiger partial charge is 0.270 e. The first-order valence-corrected chi connectivity index (χ1v) is 9.43. The fourth-order valence-corrected chi connectivity index (χ4v) is 3.17. The summed E-state index contributed by atoms with van der Waals surface area (Å²) in [4.78, 5) is 33.1. The SMILES string of the molecule is COc1ccc(N2CCN(C(=O)c3ccnc(C(=O)NC(C)C)c3)CC2)cc1. The van der Waals surface area contributed by atoms with Crippen molar-refractivity contribution in [1.29, 1.82) is 0 Å². The molecule has 0 unspecified atom stereocenters. The molecule has 1 fully saturated rings. The van der Waals surface area contributed by atoms with Gasteiger partial charge in [-0.15, -0.1) is 0 Å². The number of pyridine rings is 1. The Morgan fingerprint density at radius 1 is 1.07 bits per heavy atom. The van der Waals surface area contributed by atoms with Crippen LogP contribution in [0.3, 0.4) is 0 Å². The third kappa shape index (κ3) is 4.60. The van der Waals surface area contributed by atoms with Crippen molar-refractivity contribution in [2.24, 2.45) is 0 Å². The maximum absolute atomic E-state index is 12.9. The maximum Gasteiger partial charge on any atom is 0.270 e. The summed E-state index contributed by atoms with van der Waals surface area (Å²) in [5.74, 6) is 0.483. The summed E-state index contributed by atoms with van der Waals surface area (Å²) >= 11 is 0. The second-order valence-electron chi connectivity index (χ2n) is 7.04. The number of aromatic nitrogens is 1. The van der Waals surface area contributed by atoms with Crippen molar-refractivity contribution in [3.63, 3.8) is 0 Å². The van der Waals surface area contributed by atoms with E-state index in [1.165, 1.54) is 6.20 Å². The number of hydrogen-bond acceptors (Lipinski definition) is 5. The number of hydrogen-bond donors (Lipinski definition) is 1. The molecule has 2 amide bonds. The zero-order valence-corrected chi connectivity index (χ0v) is 16.5. The molecule has 0 spiro atoms. The van der Waals surface area contributed by atoms with Crippen molar-refractivity contribution in [3.8, 4) is 5.75 Å². The van der Waals surface area contributed by atoms with Gasteiger partial charge in [-0.3, -0.25) is 14.6 Å². The van der Waals surface area contributed by atoms with Crippen LogP contribution in [0.5, 0.6) is 5.75 Å². The van der Waals surface area contributed by atoms with Gasteiger partial charge in [0.15, 0.2) is 0 Å². The molecule has 1 aliphatic rings. The lowest BCUT2D eigenvalue weighted by Gasteiger charge is -2.36. The number of rotatable bonds is 5. The average molecular weight is 382 g/mol. The fraction of sp³-hybridized carbons (Fsp3) is 0.381. The molecule has 0 radical (unpaired) electrons. The van der Waals surface area contributed by atoms with Crippen LogP contribution in [0.2, 0.25) is 0 Å². The lowest BCUT2D eigenvalue weighted by atomic mass is 10.1. The van der Waals surface area contributed by atoms with Gasteiger partial charge < -0.3 is 19.9 Å². The van der Waals surface area contributed by atoms with Crippen LogP contribution in [-0.2, 0) is 0 Å². The van der Waals surface area contributed by atoms with E-state index in [2.05, 4.69) is 15.2 Å². The molecular formula is C21H26N4O3. The van der Waals surface area contributed by atoms with Crippen LogP contribution in [0.25, 0.3) is 0 Å². The van der Waals surface area contributed by atoms with Crippen LogP contribution in [0.4, 0.5) is 5.69 Å². The second kappa shape index (κ2) is 8.73. The lowest BCUT2D eigenvalue weighted by Crippen LogP contribution is -2.48. The Bertz CT molecular complexity index is 828. The molecule has 1 N–H and O–H groups in total. The largest absolute Gasteiger partial charge is 0.497 e. The van der Waals surface area contributed by atoms with Gasteiger partial charge in [0.25, 0.3) is 11.8 Å². The molecule has 1 aliphatic heterocycles. The number of piperazine rings is 1. The molecule has 148 valence electrons. The molecule has 0 saturated carbocycles. The summed E-state index contributed by atoms with van der Waals surface area (Å²) in [6.45, 7) is 6.53. The highest BCUT2D eigenvalue weighted by molar-refractivity contribution is 5.98. The number of amides is 2. The van der Waals surface area contributed by atoms with E-state index in [9.17, 15) is 9.59 Å². The van der Waals surface area contributed by atoms with Crippen molar-refractivity contribution in [2.75, 3.05) is 38.2 Å². The van der Waals surface area contributed by atoms with E-state index in [1.54, 1.807) is 19.2 Å². The molecule has 7 nitrogen and oxygen atoms in total. The number of ether oxygens (including phenoxy) is 1.